The van der Waals surface area contributed by atoms with Crippen molar-refractivity contribution in [2.75, 3.05) is 20.1 Å². The van der Waals surface area contributed by atoms with Crippen LogP contribution in [-0.2, 0) is 12.7 Å². The van der Waals surface area contributed by atoms with Gasteiger partial charge in [-0.25, -0.2) is 4.98 Å². The molecule has 3 nitrogen and oxygen atoms in total. The molecule has 1 aliphatic rings. The van der Waals surface area contributed by atoms with Gasteiger partial charge in [-0.2, -0.15) is 13.2 Å². The lowest BCUT2D eigenvalue weighted by Gasteiger charge is -2.13. The summed E-state index contributed by atoms with van der Waals surface area (Å²) in [5, 5.41) is 3.71. The van der Waals surface area contributed by atoms with Gasteiger partial charge in [-0.1, -0.05) is 0 Å². The van der Waals surface area contributed by atoms with Gasteiger partial charge in [0, 0.05) is 19.1 Å². The van der Waals surface area contributed by atoms with E-state index in [1.165, 1.54) is 0 Å². The van der Waals surface area contributed by atoms with Crippen LogP contribution in [0.4, 0.5) is 13.2 Å². The van der Waals surface area contributed by atoms with E-state index in [4.69, 9.17) is 0 Å². The second-order valence-corrected chi connectivity index (χ2v) is 5.24. The number of likely N-dealkylation sites (N-methyl/N-ethyl adjacent to an activating group) is 1. The number of likely N-dealkylation sites (tertiary alicyclic amines) is 1. The first kappa shape index (κ1) is 15.7. The molecule has 2 rings (SSSR count). The van der Waals surface area contributed by atoms with Gasteiger partial charge in [0.15, 0.2) is 0 Å². The Kier molecular flexibility index (Phi) is 5.39. The molecule has 18 heavy (non-hydrogen) atoms. The van der Waals surface area contributed by atoms with Crippen molar-refractivity contribution in [1.82, 2.24) is 15.2 Å². The van der Waals surface area contributed by atoms with Crippen LogP contribution in [0.3, 0.4) is 0 Å². The summed E-state index contributed by atoms with van der Waals surface area (Å²) in [5.74, 6) is 0. The average molecular weight is 302 g/mol. The zero-order valence-corrected chi connectivity index (χ0v) is 11.5. The Morgan fingerprint density at radius 3 is 2.78 bits per heavy atom. The van der Waals surface area contributed by atoms with Crippen LogP contribution in [0.2, 0.25) is 0 Å². The highest BCUT2D eigenvalue weighted by Crippen LogP contribution is 2.33. The van der Waals surface area contributed by atoms with Crippen LogP contribution in [0.25, 0.3) is 0 Å². The van der Waals surface area contributed by atoms with E-state index in [0.717, 1.165) is 37.0 Å². The molecule has 2 heterocycles. The summed E-state index contributed by atoms with van der Waals surface area (Å²) in [4.78, 5) is 5.34. The summed E-state index contributed by atoms with van der Waals surface area (Å²) in [6.45, 7) is 2.29. The Labute approximate surface area is 114 Å². The zero-order chi connectivity index (χ0) is 12.5. The second-order valence-electron chi connectivity index (χ2n) is 4.13. The zero-order valence-electron chi connectivity index (χ0n) is 9.83. The van der Waals surface area contributed by atoms with Gasteiger partial charge in [0.2, 0.25) is 0 Å². The molecule has 0 spiro atoms. The van der Waals surface area contributed by atoms with E-state index in [1.807, 2.05) is 7.05 Å². The number of alkyl halides is 3. The van der Waals surface area contributed by atoms with Crippen LogP contribution in [0, 0.1) is 0 Å². The minimum Gasteiger partial charge on any atom is -0.316 e. The Bertz CT molecular complexity index is 383. The molecule has 1 fully saturated rings. The predicted octanol–water partition coefficient (Wildman–Crippen LogP) is 2.38. The van der Waals surface area contributed by atoms with Crippen LogP contribution >= 0.6 is 23.7 Å². The van der Waals surface area contributed by atoms with Gasteiger partial charge in [0.05, 0.1) is 12.7 Å². The first-order valence-electron chi connectivity index (χ1n) is 5.40. The minimum absolute atomic E-state index is 0. The molecule has 0 saturated carbocycles. The lowest BCUT2D eigenvalue weighted by atomic mass is 10.3. The fourth-order valence-electron chi connectivity index (χ4n) is 1.92. The molecule has 0 amide bonds. The van der Waals surface area contributed by atoms with E-state index in [2.05, 4.69) is 15.2 Å². The summed E-state index contributed by atoms with van der Waals surface area (Å²) < 4.78 is 37.1. The first-order valence-corrected chi connectivity index (χ1v) is 6.22. The molecule has 1 saturated heterocycles. The lowest BCUT2D eigenvalue weighted by molar-refractivity contribution is -0.134. The van der Waals surface area contributed by atoms with Gasteiger partial charge in [0.1, 0.15) is 9.88 Å². The maximum Gasteiger partial charge on any atom is 0.427 e. The van der Waals surface area contributed by atoms with Crippen LogP contribution in [0.5, 0.6) is 0 Å². The summed E-state index contributed by atoms with van der Waals surface area (Å²) in [6.07, 6.45) is -2.31. The average Bonchev–Trinajstić information content (AvgIpc) is 2.86. The molecule has 0 bridgehead atoms. The van der Waals surface area contributed by atoms with Gasteiger partial charge in [-0.15, -0.1) is 23.7 Å². The van der Waals surface area contributed by atoms with E-state index in [9.17, 15) is 13.2 Å². The van der Waals surface area contributed by atoms with Crippen LogP contribution in [0.15, 0.2) is 6.20 Å². The molecular weight excluding hydrogens is 287 g/mol. The Balaban J connectivity index is 0.00000162. The van der Waals surface area contributed by atoms with E-state index in [1.54, 1.807) is 0 Å². The van der Waals surface area contributed by atoms with Crippen molar-refractivity contribution in [3.05, 3.63) is 16.1 Å². The van der Waals surface area contributed by atoms with Crippen LogP contribution < -0.4 is 5.32 Å². The second kappa shape index (κ2) is 6.18. The van der Waals surface area contributed by atoms with Gasteiger partial charge in [-0.3, -0.25) is 4.90 Å². The first-order chi connectivity index (χ1) is 7.99. The number of hydrogen-bond acceptors (Lipinski definition) is 4. The fraction of sp³-hybridized carbons (Fsp3) is 0.700. The number of nitrogens with one attached hydrogen (secondary N) is 1. The molecule has 1 aromatic heterocycles. The van der Waals surface area contributed by atoms with E-state index in [-0.39, 0.29) is 12.4 Å². The summed E-state index contributed by atoms with van der Waals surface area (Å²) in [6, 6.07) is 0.442. The Morgan fingerprint density at radius 2 is 2.28 bits per heavy atom. The van der Waals surface area contributed by atoms with E-state index < -0.39 is 11.1 Å². The van der Waals surface area contributed by atoms with E-state index >= 15 is 0 Å². The van der Waals surface area contributed by atoms with Crippen molar-refractivity contribution in [2.24, 2.45) is 0 Å². The number of aromatic nitrogens is 1. The summed E-state index contributed by atoms with van der Waals surface area (Å²) in [7, 11) is 1.90. The Morgan fingerprint density at radius 1 is 1.56 bits per heavy atom. The highest BCUT2D eigenvalue weighted by atomic mass is 35.5. The molecule has 0 aliphatic carbocycles. The van der Waals surface area contributed by atoms with Gasteiger partial charge in [0.25, 0.3) is 0 Å². The topological polar surface area (TPSA) is 28.2 Å². The lowest BCUT2D eigenvalue weighted by Crippen LogP contribution is -2.29. The number of thiazole rings is 1. The maximum absolute atomic E-state index is 12.4. The molecule has 8 heteroatoms. The third-order valence-corrected chi connectivity index (χ3v) is 3.90. The number of hydrogen-bond donors (Lipinski definition) is 1. The van der Waals surface area contributed by atoms with Crippen molar-refractivity contribution in [3.63, 3.8) is 0 Å². The molecule has 0 aromatic carbocycles. The SMILES string of the molecule is CNC1CCN(Cc2ncc(C(F)(F)F)s2)C1.Cl. The number of nitrogens with zero attached hydrogens (tertiary/aromatic N) is 2. The highest BCUT2D eigenvalue weighted by Gasteiger charge is 2.33. The largest absolute Gasteiger partial charge is 0.427 e. The van der Waals surface area contributed by atoms with E-state index in [0.29, 0.717) is 17.6 Å². The van der Waals surface area contributed by atoms with Crippen molar-refractivity contribution >= 4 is 23.7 Å². The highest BCUT2D eigenvalue weighted by molar-refractivity contribution is 7.11. The van der Waals surface area contributed by atoms with Crippen LogP contribution in [-0.4, -0.2) is 36.1 Å². The van der Waals surface area contributed by atoms with Gasteiger partial charge < -0.3 is 5.32 Å². The molecule has 1 N–H and O–H groups in total. The normalized spacial score (nSPS) is 21.0. The number of halogens is 4. The molecule has 104 valence electrons. The minimum atomic E-state index is -4.27. The predicted molar refractivity (Wildman–Crippen MR) is 67.1 cm³/mol. The smallest absolute Gasteiger partial charge is 0.316 e. The molecule has 1 atom stereocenters. The summed E-state index contributed by atoms with van der Waals surface area (Å²) >= 11 is 0.737. The third-order valence-electron chi connectivity index (χ3n) is 2.87. The summed E-state index contributed by atoms with van der Waals surface area (Å²) in [5.41, 5.74) is 0. The molecular formula is C10H15ClF3N3S. The molecule has 1 unspecified atom stereocenters. The van der Waals surface area contributed by atoms with Crippen molar-refractivity contribution in [1.29, 1.82) is 0 Å². The standard InChI is InChI=1S/C10H14F3N3S.ClH/c1-14-7-2-3-16(5-7)6-9-15-4-8(17-9)10(11,12)13;/h4,7,14H,2-3,5-6H2,1H3;1H. The van der Waals surface area contributed by atoms with Gasteiger partial charge in [-0.05, 0) is 13.5 Å². The maximum atomic E-state index is 12.4. The Hall–Kier alpha value is -0.370. The van der Waals surface area contributed by atoms with Crippen molar-refractivity contribution in [3.8, 4) is 0 Å². The van der Waals surface area contributed by atoms with Crippen LogP contribution in [0.1, 0.15) is 16.3 Å². The van der Waals surface area contributed by atoms with Crippen molar-refractivity contribution in [2.45, 2.75) is 25.2 Å². The third kappa shape index (κ3) is 3.81. The fourth-order valence-corrected chi connectivity index (χ4v) is 2.75. The molecule has 1 aliphatic heterocycles. The van der Waals surface area contributed by atoms with Gasteiger partial charge >= 0.3 is 6.18 Å². The molecule has 1 aromatic rings. The molecule has 0 radical (unpaired) electrons. The monoisotopic (exact) mass is 301 g/mol. The van der Waals surface area contributed by atoms with Crippen molar-refractivity contribution < 1.29 is 13.2 Å². The quantitative estimate of drug-likeness (QED) is 0.929. The number of rotatable bonds is 3.